The highest BCUT2D eigenvalue weighted by molar-refractivity contribution is 5.92. The van der Waals surface area contributed by atoms with Crippen LogP contribution < -0.4 is 21.5 Å². The molecular formula is C20H23FN6O2. The number of rotatable bonds is 7. The fourth-order valence-corrected chi connectivity index (χ4v) is 2.94. The van der Waals surface area contributed by atoms with Crippen LogP contribution in [0.4, 0.5) is 21.6 Å². The van der Waals surface area contributed by atoms with Gasteiger partial charge >= 0.3 is 0 Å². The van der Waals surface area contributed by atoms with Gasteiger partial charge in [-0.3, -0.25) is 9.69 Å². The first-order chi connectivity index (χ1) is 13.8. The van der Waals surface area contributed by atoms with Gasteiger partial charge in [0.1, 0.15) is 17.9 Å². The lowest BCUT2D eigenvalue weighted by molar-refractivity contribution is -0.122. The number of benzene rings is 2. The van der Waals surface area contributed by atoms with Gasteiger partial charge < -0.3 is 21.5 Å². The minimum absolute atomic E-state index is 0.0396. The van der Waals surface area contributed by atoms with Crippen LogP contribution in [0.3, 0.4) is 0 Å². The number of methoxy groups -OCH3 is 1. The van der Waals surface area contributed by atoms with Crippen molar-refractivity contribution in [3.63, 3.8) is 0 Å². The van der Waals surface area contributed by atoms with E-state index < -0.39 is 17.8 Å². The maximum absolute atomic E-state index is 14.3. The molecule has 3 aromatic rings. The molecule has 0 aliphatic carbocycles. The van der Waals surface area contributed by atoms with Gasteiger partial charge in [0.05, 0.1) is 30.0 Å². The van der Waals surface area contributed by atoms with Crippen LogP contribution in [0.25, 0.3) is 10.9 Å². The van der Waals surface area contributed by atoms with Crippen molar-refractivity contribution in [1.29, 1.82) is 0 Å². The van der Waals surface area contributed by atoms with E-state index in [4.69, 9.17) is 16.2 Å². The van der Waals surface area contributed by atoms with Crippen molar-refractivity contribution in [2.75, 3.05) is 25.2 Å². The smallest absolute Gasteiger partial charge is 0.234 e. The second-order valence-corrected chi connectivity index (χ2v) is 6.73. The summed E-state index contributed by atoms with van der Waals surface area (Å²) < 4.78 is 19.8. The molecule has 1 amide bonds. The Morgan fingerprint density at radius 1 is 1.34 bits per heavy atom. The first-order valence-corrected chi connectivity index (χ1v) is 8.94. The van der Waals surface area contributed by atoms with Crippen molar-refractivity contribution in [3.05, 3.63) is 48.0 Å². The van der Waals surface area contributed by atoms with Gasteiger partial charge in [-0.2, -0.15) is 0 Å². The number of likely N-dealkylation sites (N-methyl/N-ethyl adjacent to an activating group) is 1. The lowest BCUT2D eigenvalue weighted by Gasteiger charge is -2.23. The monoisotopic (exact) mass is 398 g/mol. The third-order valence-electron chi connectivity index (χ3n) is 4.81. The van der Waals surface area contributed by atoms with E-state index >= 15 is 0 Å². The van der Waals surface area contributed by atoms with Gasteiger partial charge in [-0.15, -0.1) is 0 Å². The predicted octanol–water partition coefficient (Wildman–Crippen LogP) is 2.41. The third-order valence-corrected chi connectivity index (χ3v) is 4.81. The number of halogens is 1. The van der Waals surface area contributed by atoms with Crippen molar-refractivity contribution in [2.24, 2.45) is 5.73 Å². The minimum Gasteiger partial charge on any atom is -0.496 e. The lowest BCUT2D eigenvalue weighted by Crippen LogP contribution is -2.39. The van der Waals surface area contributed by atoms with Gasteiger partial charge in [-0.25, -0.2) is 14.4 Å². The Morgan fingerprint density at radius 2 is 2.10 bits per heavy atom. The molecule has 3 rings (SSSR count). The second-order valence-electron chi connectivity index (χ2n) is 6.73. The highest BCUT2D eigenvalue weighted by Crippen LogP contribution is 2.31. The van der Waals surface area contributed by atoms with E-state index in [-0.39, 0.29) is 11.4 Å². The number of nitrogen functional groups attached to an aromatic ring is 1. The number of nitrogens with zero attached hydrogens (tertiary/aromatic N) is 3. The number of amides is 1. The van der Waals surface area contributed by atoms with E-state index in [1.54, 1.807) is 44.2 Å². The van der Waals surface area contributed by atoms with Crippen LogP contribution in [0, 0.1) is 5.82 Å². The van der Waals surface area contributed by atoms with Crippen molar-refractivity contribution in [3.8, 4) is 5.75 Å². The number of carbonyl (C=O) groups is 1. The minimum atomic E-state index is -0.553. The van der Waals surface area contributed by atoms with Crippen LogP contribution >= 0.6 is 0 Å². The van der Waals surface area contributed by atoms with Crippen LogP contribution in [0.2, 0.25) is 0 Å². The summed E-state index contributed by atoms with van der Waals surface area (Å²) >= 11 is 0. The normalized spacial score (nSPS) is 12.2. The van der Waals surface area contributed by atoms with Crippen LogP contribution in [-0.4, -0.2) is 41.0 Å². The summed E-state index contributed by atoms with van der Waals surface area (Å²) in [6.45, 7) is 2.14. The van der Waals surface area contributed by atoms with Crippen molar-refractivity contribution in [1.82, 2.24) is 14.9 Å². The maximum atomic E-state index is 14.3. The average molecular weight is 398 g/mol. The molecule has 0 radical (unpaired) electrons. The van der Waals surface area contributed by atoms with E-state index in [0.29, 0.717) is 29.0 Å². The number of hydrogen-bond acceptors (Lipinski definition) is 7. The topological polar surface area (TPSA) is 119 Å². The van der Waals surface area contributed by atoms with Crippen molar-refractivity contribution >= 4 is 34.0 Å². The summed E-state index contributed by atoms with van der Waals surface area (Å²) in [5, 5.41) is 3.65. The molecule has 1 heterocycles. The zero-order valence-electron chi connectivity index (χ0n) is 16.4. The molecule has 0 aliphatic heterocycles. The molecule has 0 fully saturated rings. The zero-order valence-corrected chi connectivity index (χ0v) is 16.4. The SMILES string of the molecule is COc1cc2ncnc(Nc3cccc(N)c3F)c2cc1CN(C)[C@@H](C)C(N)=O. The van der Waals surface area contributed by atoms with E-state index in [1.807, 2.05) is 6.07 Å². The van der Waals surface area contributed by atoms with Crippen LogP contribution in [-0.2, 0) is 11.3 Å². The number of nitrogens with two attached hydrogens (primary N) is 2. The van der Waals surface area contributed by atoms with Gasteiger partial charge in [-0.05, 0) is 32.2 Å². The van der Waals surface area contributed by atoms with E-state index in [2.05, 4.69) is 15.3 Å². The summed E-state index contributed by atoms with van der Waals surface area (Å²) in [4.78, 5) is 21.8. The first-order valence-electron chi connectivity index (χ1n) is 8.94. The number of hydrogen-bond donors (Lipinski definition) is 3. The van der Waals surface area contributed by atoms with Gasteiger partial charge in [0, 0.05) is 23.6 Å². The summed E-state index contributed by atoms with van der Waals surface area (Å²) in [5.41, 5.74) is 12.7. The number of nitrogens with one attached hydrogen (secondary N) is 1. The highest BCUT2D eigenvalue weighted by Gasteiger charge is 2.18. The maximum Gasteiger partial charge on any atom is 0.234 e. The molecular weight excluding hydrogens is 375 g/mol. The molecule has 9 heteroatoms. The van der Waals surface area contributed by atoms with Gasteiger partial charge in [0.2, 0.25) is 5.91 Å². The molecule has 2 aromatic carbocycles. The zero-order chi connectivity index (χ0) is 21.1. The Morgan fingerprint density at radius 3 is 2.79 bits per heavy atom. The Hall–Kier alpha value is -3.46. The number of ether oxygens (including phenoxy) is 1. The highest BCUT2D eigenvalue weighted by atomic mass is 19.1. The Balaban J connectivity index is 2.04. The molecule has 0 bridgehead atoms. The molecule has 8 nitrogen and oxygen atoms in total. The molecule has 152 valence electrons. The quantitative estimate of drug-likeness (QED) is 0.523. The fourth-order valence-electron chi connectivity index (χ4n) is 2.94. The Bertz CT molecular complexity index is 1060. The number of carbonyl (C=O) groups excluding carboxylic acids is 1. The molecule has 1 atom stereocenters. The summed E-state index contributed by atoms with van der Waals surface area (Å²) in [7, 11) is 3.35. The van der Waals surface area contributed by atoms with Gasteiger partial charge in [0.25, 0.3) is 0 Å². The van der Waals surface area contributed by atoms with E-state index in [1.165, 1.54) is 12.4 Å². The lowest BCUT2D eigenvalue weighted by atomic mass is 10.1. The summed E-state index contributed by atoms with van der Waals surface area (Å²) in [6, 6.07) is 7.88. The molecule has 1 aromatic heterocycles. The van der Waals surface area contributed by atoms with Gasteiger partial charge in [-0.1, -0.05) is 6.07 Å². The number of anilines is 3. The van der Waals surface area contributed by atoms with Crippen molar-refractivity contribution in [2.45, 2.75) is 19.5 Å². The largest absolute Gasteiger partial charge is 0.496 e. The Labute approximate surface area is 167 Å². The standard InChI is InChI=1S/C20H23FN6O2/c1-11(19(23)28)27(2)9-12-7-13-16(8-17(12)29-3)24-10-25-20(13)26-15-6-4-5-14(22)18(15)21/h4-8,10-11H,9,22H2,1-3H3,(H2,23,28)(H,24,25,26)/t11-/m0/s1. The fraction of sp³-hybridized carbons (Fsp3) is 0.250. The predicted molar refractivity (Wildman–Crippen MR) is 110 cm³/mol. The van der Waals surface area contributed by atoms with Crippen LogP contribution in [0.1, 0.15) is 12.5 Å². The molecule has 0 unspecified atom stereocenters. The molecule has 5 N–H and O–H groups in total. The van der Waals surface area contributed by atoms with Crippen molar-refractivity contribution < 1.29 is 13.9 Å². The Kier molecular flexibility index (Phi) is 5.79. The summed E-state index contributed by atoms with van der Waals surface area (Å²) in [5.74, 6) is 0.0629. The number of aromatic nitrogens is 2. The molecule has 0 saturated carbocycles. The molecule has 0 spiro atoms. The molecule has 0 aliphatic rings. The van der Waals surface area contributed by atoms with E-state index in [9.17, 15) is 9.18 Å². The number of fused-ring (bicyclic) bond motifs is 1. The van der Waals surface area contributed by atoms with E-state index in [0.717, 1.165) is 5.56 Å². The van der Waals surface area contributed by atoms with Crippen LogP contribution in [0.5, 0.6) is 5.75 Å². The molecule has 0 saturated heterocycles. The first kappa shape index (κ1) is 20.3. The second kappa shape index (κ2) is 8.27. The number of primary amides is 1. The van der Waals surface area contributed by atoms with Gasteiger partial charge in [0.15, 0.2) is 5.82 Å². The summed E-state index contributed by atoms with van der Waals surface area (Å²) in [6.07, 6.45) is 1.38. The average Bonchev–Trinajstić information content (AvgIpc) is 2.70. The third kappa shape index (κ3) is 4.19. The molecule has 29 heavy (non-hydrogen) atoms. The van der Waals surface area contributed by atoms with Crippen LogP contribution in [0.15, 0.2) is 36.7 Å².